The summed E-state index contributed by atoms with van der Waals surface area (Å²) < 4.78 is 3.00. The molecule has 6 heteroatoms. The predicted octanol–water partition coefficient (Wildman–Crippen LogP) is 5.48. The summed E-state index contributed by atoms with van der Waals surface area (Å²) in [6.45, 7) is 1.96. The molecule has 0 amide bonds. The van der Waals surface area contributed by atoms with Crippen molar-refractivity contribution in [1.82, 2.24) is 9.55 Å². The molecule has 0 saturated heterocycles. The van der Waals surface area contributed by atoms with E-state index < -0.39 is 0 Å². The van der Waals surface area contributed by atoms with E-state index in [1.807, 2.05) is 60.0 Å². The second-order valence-corrected chi connectivity index (χ2v) is 8.30. The quantitative estimate of drug-likeness (QED) is 0.319. The molecule has 4 aromatic rings. The molecule has 146 valence electrons. The maximum absolute atomic E-state index is 13.3. The third-order valence-electron chi connectivity index (χ3n) is 5.23. The molecular formula is C25H14N4OS. The van der Waals surface area contributed by atoms with Crippen LogP contribution in [-0.2, 0) is 0 Å². The molecule has 0 fully saturated rings. The number of aromatic nitrogens is 2. The summed E-state index contributed by atoms with van der Waals surface area (Å²) in [5.41, 5.74) is 4.28. The summed E-state index contributed by atoms with van der Waals surface area (Å²) >= 11 is 1.58. The number of benzene rings is 2. The van der Waals surface area contributed by atoms with Crippen molar-refractivity contribution in [2.75, 3.05) is 0 Å². The van der Waals surface area contributed by atoms with Gasteiger partial charge in [-0.15, -0.1) is 11.3 Å². The molecule has 2 aromatic heterocycles. The minimum atomic E-state index is -0.193. The third-order valence-corrected chi connectivity index (χ3v) is 6.13. The second-order valence-electron chi connectivity index (χ2n) is 7.07. The van der Waals surface area contributed by atoms with Crippen molar-refractivity contribution in [3.63, 3.8) is 0 Å². The lowest BCUT2D eigenvalue weighted by atomic mass is 9.99. The van der Waals surface area contributed by atoms with E-state index in [1.165, 1.54) is 0 Å². The average Bonchev–Trinajstić information content (AvgIpc) is 3.39. The Kier molecular flexibility index (Phi) is 4.36. The van der Waals surface area contributed by atoms with Crippen LogP contribution in [0.15, 0.2) is 71.8 Å². The number of hydrogen-bond acceptors (Lipinski definition) is 5. The fraction of sp³-hybridized carbons (Fsp3) is 0.0400. The zero-order valence-corrected chi connectivity index (χ0v) is 17.3. The third kappa shape index (κ3) is 2.90. The summed E-state index contributed by atoms with van der Waals surface area (Å²) in [6, 6.07) is 22.8. The first-order chi connectivity index (χ1) is 15.1. The fourth-order valence-electron chi connectivity index (χ4n) is 3.96. The number of thiazole rings is 1. The zero-order valence-electron chi connectivity index (χ0n) is 16.5. The number of hydrogen-bond donors (Lipinski definition) is 0. The fourth-order valence-corrected chi connectivity index (χ4v) is 4.81. The molecule has 0 N–H and O–H groups in total. The molecule has 0 unspecified atom stereocenters. The van der Waals surface area contributed by atoms with Gasteiger partial charge in [0.2, 0.25) is 0 Å². The number of nitriles is 2. The summed E-state index contributed by atoms with van der Waals surface area (Å²) in [6.07, 6.45) is 1.77. The highest BCUT2D eigenvalue weighted by molar-refractivity contribution is 7.18. The van der Waals surface area contributed by atoms with Crippen LogP contribution in [0.1, 0.15) is 26.6 Å². The van der Waals surface area contributed by atoms with Crippen LogP contribution in [-0.4, -0.2) is 15.3 Å². The van der Waals surface area contributed by atoms with E-state index in [1.54, 1.807) is 41.7 Å². The number of rotatable bonds is 2. The zero-order chi connectivity index (χ0) is 21.5. The Balaban J connectivity index is 1.81. The van der Waals surface area contributed by atoms with E-state index in [0.717, 1.165) is 26.7 Å². The second kappa shape index (κ2) is 7.21. The summed E-state index contributed by atoms with van der Waals surface area (Å²) in [5.74, 6) is -0.193. The maximum atomic E-state index is 13.3. The van der Waals surface area contributed by atoms with E-state index in [2.05, 4.69) is 4.98 Å². The first-order valence-corrected chi connectivity index (χ1v) is 10.4. The first kappa shape index (κ1) is 18.7. The van der Waals surface area contributed by atoms with Crippen molar-refractivity contribution in [2.45, 2.75) is 6.92 Å². The molecule has 1 aliphatic carbocycles. The largest absolute Gasteiger partial charge is 0.294 e. The highest BCUT2D eigenvalue weighted by atomic mass is 32.1. The molecule has 0 atom stereocenters. The van der Waals surface area contributed by atoms with Crippen LogP contribution in [0.5, 0.6) is 0 Å². The van der Waals surface area contributed by atoms with Crippen LogP contribution in [0, 0.1) is 29.6 Å². The minimum Gasteiger partial charge on any atom is -0.294 e. The maximum Gasteiger partial charge on any atom is 0.194 e. The molecule has 0 bridgehead atoms. The Hall–Kier alpha value is -4.26. The minimum absolute atomic E-state index is 0.0712. The normalized spacial score (nSPS) is 14.0. The lowest BCUT2D eigenvalue weighted by Crippen LogP contribution is -2.00. The number of para-hydroxylation sites is 1. The van der Waals surface area contributed by atoms with Gasteiger partial charge in [-0.2, -0.15) is 10.5 Å². The van der Waals surface area contributed by atoms with Crippen molar-refractivity contribution in [3.05, 3.63) is 93.6 Å². The van der Waals surface area contributed by atoms with Crippen molar-refractivity contribution >= 4 is 39.1 Å². The number of nitrogens with zero attached hydrogens (tertiary/aromatic N) is 4. The summed E-state index contributed by atoms with van der Waals surface area (Å²) in [4.78, 5) is 17.9. The van der Waals surface area contributed by atoms with Crippen molar-refractivity contribution in [1.29, 1.82) is 10.5 Å². The number of allylic oxidation sites excluding steroid dienone is 3. The average molecular weight is 418 g/mol. The van der Waals surface area contributed by atoms with E-state index in [4.69, 9.17) is 0 Å². The van der Waals surface area contributed by atoms with Gasteiger partial charge in [-0.3, -0.25) is 9.36 Å². The van der Waals surface area contributed by atoms with E-state index in [-0.39, 0.29) is 11.4 Å². The molecule has 2 heterocycles. The molecule has 5 nitrogen and oxygen atoms in total. The molecular weight excluding hydrogens is 404 g/mol. The Morgan fingerprint density at radius 2 is 1.71 bits per heavy atom. The van der Waals surface area contributed by atoms with Crippen molar-refractivity contribution in [2.24, 2.45) is 0 Å². The highest BCUT2D eigenvalue weighted by Gasteiger charge is 2.32. The van der Waals surface area contributed by atoms with E-state index >= 15 is 0 Å². The van der Waals surface area contributed by atoms with Crippen LogP contribution in [0.4, 0.5) is 0 Å². The van der Waals surface area contributed by atoms with Gasteiger partial charge in [-0.1, -0.05) is 42.5 Å². The van der Waals surface area contributed by atoms with Crippen LogP contribution < -0.4 is 0 Å². The highest BCUT2D eigenvalue weighted by Crippen LogP contribution is 2.40. The molecule has 31 heavy (non-hydrogen) atoms. The molecule has 2 aromatic carbocycles. The number of ketones is 1. The van der Waals surface area contributed by atoms with Crippen LogP contribution in [0.2, 0.25) is 0 Å². The predicted molar refractivity (Wildman–Crippen MR) is 121 cm³/mol. The van der Waals surface area contributed by atoms with Crippen LogP contribution in [0.3, 0.4) is 0 Å². The van der Waals surface area contributed by atoms with Gasteiger partial charge in [0.15, 0.2) is 11.4 Å². The Bertz CT molecular complexity index is 1510. The van der Waals surface area contributed by atoms with Crippen molar-refractivity contribution < 1.29 is 4.79 Å². The number of fused-ring (bicyclic) bond motifs is 2. The van der Waals surface area contributed by atoms with Gasteiger partial charge in [-0.05, 0) is 36.8 Å². The summed E-state index contributed by atoms with van der Waals surface area (Å²) in [5, 5.41) is 20.0. The number of carbonyl (C=O) groups excluding carboxylic acids is 1. The monoisotopic (exact) mass is 418 g/mol. The van der Waals surface area contributed by atoms with Gasteiger partial charge in [-0.25, -0.2) is 4.98 Å². The van der Waals surface area contributed by atoms with Crippen LogP contribution >= 0.6 is 11.3 Å². The van der Waals surface area contributed by atoms with E-state index in [0.29, 0.717) is 22.3 Å². The number of Topliss-reactive ketones (excluding diaryl/α,β-unsaturated/α-hetero) is 1. The van der Waals surface area contributed by atoms with Crippen LogP contribution in [0.25, 0.3) is 27.7 Å². The summed E-state index contributed by atoms with van der Waals surface area (Å²) in [7, 11) is 0. The first-order valence-electron chi connectivity index (χ1n) is 9.57. The smallest absolute Gasteiger partial charge is 0.194 e. The standard InChI is InChI=1S/C25H14N4OS/c1-15-28-25-22(31-15)12-18(29(25)17-7-3-2-4-8-17)11-21-23(16(13-26)14-27)19-9-5-6-10-20(19)24(21)30/h2-12H,1H3/b21-11-. The molecule has 0 saturated carbocycles. The van der Waals surface area contributed by atoms with Gasteiger partial charge in [0.05, 0.1) is 9.71 Å². The van der Waals surface area contributed by atoms with Gasteiger partial charge >= 0.3 is 0 Å². The van der Waals surface area contributed by atoms with Gasteiger partial charge in [0.25, 0.3) is 0 Å². The van der Waals surface area contributed by atoms with Gasteiger partial charge in [0.1, 0.15) is 17.7 Å². The Morgan fingerprint density at radius 1 is 1.03 bits per heavy atom. The van der Waals surface area contributed by atoms with Crippen molar-refractivity contribution in [3.8, 4) is 17.8 Å². The molecule has 1 aliphatic rings. The molecule has 0 radical (unpaired) electrons. The topological polar surface area (TPSA) is 82.5 Å². The Morgan fingerprint density at radius 3 is 2.42 bits per heavy atom. The lowest BCUT2D eigenvalue weighted by Gasteiger charge is -2.08. The SMILES string of the molecule is Cc1nc2c(cc(/C=C3\C(=O)c4ccccc4C3=C(C#N)C#N)n2-c2ccccc2)s1. The molecule has 0 spiro atoms. The van der Waals surface area contributed by atoms with Gasteiger partial charge in [0, 0.05) is 28.1 Å². The van der Waals surface area contributed by atoms with Gasteiger partial charge < -0.3 is 0 Å². The number of carbonyl (C=O) groups is 1. The lowest BCUT2D eigenvalue weighted by molar-refractivity contribution is 0.104. The van der Waals surface area contributed by atoms with E-state index in [9.17, 15) is 15.3 Å². The molecule has 5 rings (SSSR count). The number of aryl methyl sites for hydroxylation is 1. The Labute approximate surface area is 182 Å². The molecule has 0 aliphatic heterocycles.